The van der Waals surface area contributed by atoms with E-state index < -0.39 is 18.2 Å². The van der Waals surface area contributed by atoms with Gasteiger partial charge in [-0.3, -0.25) is 19.4 Å². The van der Waals surface area contributed by atoms with Crippen LogP contribution in [-0.2, 0) is 14.3 Å². The summed E-state index contributed by atoms with van der Waals surface area (Å²) >= 11 is 0. The van der Waals surface area contributed by atoms with E-state index in [9.17, 15) is 14.4 Å². The first kappa shape index (κ1) is 27.7. The summed E-state index contributed by atoms with van der Waals surface area (Å²) < 4.78 is 5.31. The lowest BCUT2D eigenvalue weighted by molar-refractivity contribution is -0.141. The maximum atomic E-state index is 14.5. The number of hydrogen-bond acceptors (Lipinski definition) is 4. The summed E-state index contributed by atoms with van der Waals surface area (Å²) in [6.45, 7) is 10.3. The summed E-state index contributed by atoms with van der Waals surface area (Å²) in [6, 6.07) is 6.44. The highest BCUT2D eigenvalue weighted by atomic mass is 16.6. The quantitative estimate of drug-likeness (QED) is 0.398. The Morgan fingerprint density at radius 3 is 2.50 bits per heavy atom. The summed E-state index contributed by atoms with van der Waals surface area (Å²) in [6.07, 6.45) is 12.5. The van der Waals surface area contributed by atoms with Gasteiger partial charge in [-0.25, -0.2) is 4.79 Å². The zero-order valence-corrected chi connectivity index (χ0v) is 23.0. The number of allylic oxidation sites excluding steroid dienone is 4. The second kappa shape index (κ2) is 12.5. The molecule has 7 heteroatoms. The van der Waals surface area contributed by atoms with Crippen molar-refractivity contribution in [2.75, 3.05) is 18.1 Å². The molecule has 4 rings (SSSR count). The molecule has 38 heavy (non-hydrogen) atoms. The van der Waals surface area contributed by atoms with Gasteiger partial charge in [0.1, 0.15) is 12.1 Å². The fourth-order valence-electron chi connectivity index (χ4n) is 6.09. The molecular formula is C31H41N3O4. The van der Waals surface area contributed by atoms with Crippen molar-refractivity contribution in [3.8, 4) is 0 Å². The molecule has 0 spiro atoms. The molecule has 0 unspecified atom stereocenters. The van der Waals surface area contributed by atoms with Crippen LogP contribution in [0.15, 0.2) is 60.3 Å². The summed E-state index contributed by atoms with van der Waals surface area (Å²) in [5.41, 5.74) is 3.07. The number of piperidine rings is 1. The SMILES string of the molecule is C=C(C)/C=C(\C=C/C)N(C(=O)[C@H]1CCCCN1C(=O)OCC)[C@@H]1C(=O)N(C2CCCCC2)c2ccccc21. The van der Waals surface area contributed by atoms with Crippen molar-refractivity contribution in [1.82, 2.24) is 9.80 Å². The van der Waals surface area contributed by atoms with E-state index in [1.807, 2.05) is 61.2 Å². The minimum atomic E-state index is -0.812. The summed E-state index contributed by atoms with van der Waals surface area (Å²) in [5, 5.41) is 0. The van der Waals surface area contributed by atoms with Crippen molar-refractivity contribution in [3.63, 3.8) is 0 Å². The Morgan fingerprint density at radius 2 is 1.82 bits per heavy atom. The summed E-state index contributed by atoms with van der Waals surface area (Å²) in [5.74, 6) is -0.343. The highest BCUT2D eigenvalue weighted by Gasteiger charge is 2.48. The van der Waals surface area contributed by atoms with Gasteiger partial charge < -0.3 is 9.64 Å². The predicted molar refractivity (Wildman–Crippen MR) is 149 cm³/mol. The number of amides is 3. The Hall–Kier alpha value is -3.35. The molecule has 0 aromatic heterocycles. The molecule has 0 N–H and O–H groups in total. The second-order valence-electron chi connectivity index (χ2n) is 10.5. The van der Waals surface area contributed by atoms with Crippen LogP contribution in [-0.4, -0.2) is 52.9 Å². The molecule has 3 amide bonds. The number of hydrogen-bond donors (Lipinski definition) is 0. The molecule has 7 nitrogen and oxygen atoms in total. The third-order valence-electron chi connectivity index (χ3n) is 7.70. The topological polar surface area (TPSA) is 70.2 Å². The molecule has 3 aliphatic rings. The van der Waals surface area contributed by atoms with E-state index in [2.05, 4.69) is 6.58 Å². The van der Waals surface area contributed by atoms with Gasteiger partial charge in [0.15, 0.2) is 0 Å². The highest BCUT2D eigenvalue weighted by molar-refractivity contribution is 6.07. The molecular weight excluding hydrogens is 478 g/mol. The third kappa shape index (κ3) is 5.57. The predicted octanol–water partition coefficient (Wildman–Crippen LogP) is 6.28. The fraction of sp³-hybridized carbons (Fsp3) is 0.516. The van der Waals surface area contributed by atoms with Gasteiger partial charge in [-0.1, -0.05) is 55.7 Å². The third-order valence-corrected chi connectivity index (χ3v) is 7.70. The van der Waals surface area contributed by atoms with Gasteiger partial charge in [0.05, 0.1) is 6.61 Å². The first-order valence-corrected chi connectivity index (χ1v) is 14.1. The molecule has 0 bridgehead atoms. The normalized spacial score (nSPS) is 22.5. The van der Waals surface area contributed by atoms with Crippen LogP contribution in [0.5, 0.6) is 0 Å². The average Bonchev–Trinajstić information content (AvgIpc) is 3.20. The molecule has 2 aliphatic heterocycles. The van der Waals surface area contributed by atoms with Crippen LogP contribution >= 0.6 is 0 Å². The van der Waals surface area contributed by atoms with Crippen molar-refractivity contribution in [3.05, 3.63) is 65.9 Å². The average molecular weight is 520 g/mol. The smallest absolute Gasteiger partial charge is 0.410 e. The van der Waals surface area contributed by atoms with Crippen LogP contribution in [0.3, 0.4) is 0 Å². The number of benzene rings is 1. The molecule has 2 heterocycles. The number of ether oxygens (including phenoxy) is 1. The van der Waals surface area contributed by atoms with Gasteiger partial charge >= 0.3 is 6.09 Å². The molecule has 2 fully saturated rings. The van der Waals surface area contributed by atoms with E-state index in [-0.39, 0.29) is 24.5 Å². The maximum absolute atomic E-state index is 14.5. The molecule has 1 aromatic rings. The fourth-order valence-corrected chi connectivity index (χ4v) is 6.09. The van der Waals surface area contributed by atoms with Gasteiger partial charge in [0.25, 0.3) is 11.8 Å². The van der Waals surface area contributed by atoms with E-state index in [1.165, 1.54) is 6.42 Å². The Labute approximate surface area is 226 Å². The van der Waals surface area contributed by atoms with Crippen LogP contribution in [0.1, 0.15) is 83.7 Å². The van der Waals surface area contributed by atoms with Gasteiger partial charge in [-0.2, -0.15) is 0 Å². The lowest BCUT2D eigenvalue weighted by Crippen LogP contribution is -2.54. The Bertz CT molecular complexity index is 1120. The zero-order valence-electron chi connectivity index (χ0n) is 23.0. The number of likely N-dealkylation sites (tertiary alicyclic amines) is 1. The van der Waals surface area contributed by atoms with Crippen molar-refractivity contribution < 1.29 is 19.1 Å². The Kier molecular flexibility index (Phi) is 9.08. The highest BCUT2D eigenvalue weighted by Crippen LogP contribution is 2.44. The van der Waals surface area contributed by atoms with Crippen LogP contribution < -0.4 is 4.90 Å². The molecule has 204 valence electrons. The number of fused-ring (bicyclic) bond motifs is 1. The van der Waals surface area contributed by atoms with Crippen molar-refractivity contribution in [2.24, 2.45) is 0 Å². The van der Waals surface area contributed by atoms with Crippen LogP contribution in [0, 0.1) is 0 Å². The first-order valence-electron chi connectivity index (χ1n) is 14.1. The summed E-state index contributed by atoms with van der Waals surface area (Å²) in [4.78, 5) is 46.9. The van der Waals surface area contributed by atoms with Crippen LogP contribution in [0.4, 0.5) is 10.5 Å². The van der Waals surface area contributed by atoms with Gasteiger partial charge in [0, 0.05) is 29.5 Å². The van der Waals surface area contributed by atoms with Crippen LogP contribution in [0.25, 0.3) is 0 Å². The number of para-hydroxylation sites is 1. The molecule has 0 radical (unpaired) electrons. The molecule has 2 atom stereocenters. The van der Waals surface area contributed by atoms with Crippen LogP contribution in [0.2, 0.25) is 0 Å². The lowest BCUT2D eigenvalue weighted by Gasteiger charge is -2.39. The van der Waals surface area contributed by atoms with E-state index in [0.717, 1.165) is 55.3 Å². The number of anilines is 1. The largest absolute Gasteiger partial charge is 0.450 e. The standard InChI is InChI=1S/C31H41N3O4/c1-5-14-24(21-22(3)4)34(29(35)27-19-12-13-20-32(27)31(37)38-6-2)28-25-17-10-11-18-26(25)33(30(28)36)23-15-8-7-9-16-23/h5,10-11,14,17-18,21,23,27-28H,3,6-9,12-13,15-16,19-20H2,1-2,4H3/b14-5-,24-21+/t27-,28+/m1/s1. The van der Waals surface area contributed by atoms with E-state index in [4.69, 9.17) is 4.74 Å². The first-order chi connectivity index (χ1) is 18.4. The summed E-state index contributed by atoms with van der Waals surface area (Å²) in [7, 11) is 0. The Balaban J connectivity index is 1.82. The number of carbonyl (C=O) groups is 3. The Morgan fingerprint density at radius 1 is 1.11 bits per heavy atom. The van der Waals surface area contributed by atoms with E-state index >= 15 is 0 Å². The number of nitrogens with zero attached hydrogens (tertiary/aromatic N) is 3. The van der Waals surface area contributed by atoms with E-state index in [0.29, 0.717) is 18.7 Å². The van der Waals surface area contributed by atoms with Gasteiger partial charge in [0.2, 0.25) is 0 Å². The molecule has 1 saturated heterocycles. The minimum absolute atomic E-state index is 0.0814. The second-order valence-corrected chi connectivity index (χ2v) is 10.5. The van der Waals surface area contributed by atoms with Crippen molar-refractivity contribution in [2.45, 2.75) is 90.3 Å². The number of carbonyl (C=O) groups excluding carboxylic acids is 3. The monoisotopic (exact) mass is 519 g/mol. The van der Waals surface area contributed by atoms with E-state index in [1.54, 1.807) is 16.7 Å². The zero-order chi connectivity index (χ0) is 27.2. The minimum Gasteiger partial charge on any atom is -0.450 e. The van der Waals surface area contributed by atoms with Gasteiger partial charge in [-0.05, 0) is 71.1 Å². The molecule has 1 saturated carbocycles. The van der Waals surface area contributed by atoms with Crippen molar-refractivity contribution >= 4 is 23.6 Å². The van der Waals surface area contributed by atoms with Gasteiger partial charge in [-0.15, -0.1) is 0 Å². The number of rotatable bonds is 7. The maximum Gasteiger partial charge on any atom is 0.410 e. The molecule has 1 aromatic carbocycles. The van der Waals surface area contributed by atoms with Crippen molar-refractivity contribution in [1.29, 1.82) is 0 Å². The molecule has 1 aliphatic carbocycles. The lowest BCUT2D eigenvalue weighted by atomic mass is 9.94.